The average Bonchev–Trinajstić information content (AvgIpc) is 2.81. The molecule has 0 aliphatic heterocycles. The Morgan fingerprint density at radius 3 is 2.89 bits per heavy atom. The Morgan fingerprint density at radius 1 is 1.21 bits per heavy atom. The maximum Gasteiger partial charge on any atom is 0.113 e. The lowest BCUT2D eigenvalue weighted by molar-refractivity contribution is 0.655. The Balaban J connectivity index is 1.82. The van der Waals surface area contributed by atoms with Crippen molar-refractivity contribution in [2.75, 3.05) is 5.32 Å². The van der Waals surface area contributed by atoms with Crippen molar-refractivity contribution in [1.29, 1.82) is 0 Å². The number of halogens is 1. The summed E-state index contributed by atoms with van der Waals surface area (Å²) in [6, 6.07) is 14.3. The second-order valence-corrected chi connectivity index (χ2v) is 5.62. The molecule has 0 radical (unpaired) electrons. The molecule has 0 saturated carbocycles. The van der Waals surface area contributed by atoms with Gasteiger partial charge in [0.1, 0.15) is 12.2 Å². The summed E-state index contributed by atoms with van der Waals surface area (Å²) in [5.74, 6) is 0. The molecule has 96 valence electrons. The zero-order chi connectivity index (χ0) is 13.2. The number of anilines is 1. The van der Waals surface area contributed by atoms with Crippen LogP contribution in [-0.4, -0.2) is 15.0 Å². The van der Waals surface area contributed by atoms with Gasteiger partial charge in [-0.3, -0.25) is 0 Å². The van der Waals surface area contributed by atoms with Crippen molar-refractivity contribution in [2.24, 2.45) is 0 Å². The molecule has 0 spiro atoms. The minimum absolute atomic E-state index is 0.613. The predicted molar refractivity (Wildman–Crippen MR) is 85.0 cm³/mol. The van der Waals surface area contributed by atoms with E-state index in [1.54, 1.807) is 0 Å². The van der Waals surface area contributed by atoms with E-state index < -0.39 is 0 Å². The number of aromatic nitrogens is 3. The molecule has 1 N–H and O–H groups in total. The summed E-state index contributed by atoms with van der Waals surface area (Å²) in [4.78, 5) is 0. The van der Waals surface area contributed by atoms with E-state index in [0.717, 1.165) is 16.7 Å². The minimum Gasteiger partial charge on any atom is -0.366 e. The van der Waals surface area contributed by atoms with E-state index in [1.807, 2.05) is 28.9 Å². The number of benzene rings is 2. The summed E-state index contributed by atoms with van der Waals surface area (Å²) in [5, 5.41) is 11.7. The van der Waals surface area contributed by atoms with Gasteiger partial charge in [0.05, 0.1) is 5.52 Å². The number of nitrogens with zero attached hydrogens (tertiary/aromatic N) is 3. The molecule has 0 aliphatic carbocycles. The quantitative estimate of drug-likeness (QED) is 0.725. The van der Waals surface area contributed by atoms with Crippen LogP contribution in [0.3, 0.4) is 0 Å². The maximum atomic E-state index is 4.16. The predicted octanol–water partition coefficient (Wildman–Crippen LogP) is 3.41. The zero-order valence-electron chi connectivity index (χ0n) is 10.5. The lowest BCUT2D eigenvalue weighted by Gasteiger charge is -2.10. The molecule has 0 unspecified atom stereocenters. The molecule has 5 heteroatoms. The number of para-hydroxylation sites is 1. The highest BCUT2D eigenvalue weighted by atomic mass is 127. The molecule has 2 aromatic carbocycles. The SMILES string of the molecule is Cc1cc(I)ccc1NCn1nnc2ccccc21. The van der Waals surface area contributed by atoms with E-state index in [2.05, 4.69) is 63.3 Å². The first-order valence-electron chi connectivity index (χ1n) is 6.02. The Labute approximate surface area is 125 Å². The Kier molecular flexibility index (Phi) is 3.37. The van der Waals surface area contributed by atoms with Crippen molar-refractivity contribution in [2.45, 2.75) is 13.6 Å². The molecule has 4 nitrogen and oxygen atoms in total. The minimum atomic E-state index is 0.613. The molecule has 3 rings (SSSR count). The highest BCUT2D eigenvalue weighted by molar-refractivity contribution is 14.1. The lowest BCUT2D eigenvalue weighted by Crippen LogP contribution is -2.10. The normalized spacial score (nSPS) is 10.8. The highest BCUT2D eigenvalue weighted by Gasteiger charge is 2.03. The third-order valence-electron chi connectivity index (χ3n) is 3.03. The molecule has 0 aliphatic rings. The van der Waals surface area contributed by atoms with Gasteiger partial charge in [0.25, 0.3) is 0 Å². The van der Waals surface area contributed by atoms with Crippen LogP contribution in [0, 0.1) is 10.5 Å². The van der Waals surface area contributed by atoms with Crippen molar-refractivity contribution in [1.82, 2.24) is 15.0 Å². The summed E-state index contributed by atoms with van der Waals surface area (Å²) < 4.78 is 3.11. The fraction of sp³-hybridized carbons (Fsp3) is 0.143. The molecular weight excluding hydrogens is 351 g/mol. The van der Waals surface area contributed by atoms with Crippen LogP contribution in [0.1, 0.15) is 5.56 Å². The van der Waals surface area contributed by atoms with Crippen LogP contribution in [0.15, 0.2) is 42.5 Å². The Bertz CT molecular complexity index is 720. The smallest absolute Gasteiger partial charge is 0.113 e. The summed E-state index contributed by atoms with van der Waals surface area (Å²) >= 11 is 2.32. The number of nitrogens with one attached hydrogen (secondary N) is 1. The van der Waals surface area contributed by atoms with Gasteiger partial charge in [-0.15, -0.1) is 5.10 Å². The van der Waals surface area contributed by atoms with Crippen LogP contribution in [0.2, 0.25) is 0 Å². The van der Waals surface area contributed by atoms with Crippen LogP contribution in [0.4, 0.5) is 5.69 Å². The summed E-state index contributed by atoms with van der Waals surface area (Å²) in [7, 11) is 0. The van der Waals surface area contributed by atoms with Crippen molar-refractivity contribution in [3.05, 3.63) is 51.6 Å². The largest absolute Gasteiger partial charge is 0.366 e. The molecule has 3 aromatic rings. The molecule has 1 aromatic heterocycles. The van der Waals surface area contributed by atoms with Gasteiger partial charge < -0.3 is 5.32 Å². The van der Waals surface area contributed by atoms with E-state index in [1.165, 1.54) is 9.13 Å². The van der Waals surface area contributed by atoms with Crippen molar-refractivity contribution in [3.8, 4) is 0 Å². The molecular formula is C14H13IN4. The van der Waals surface area contributed by atoms with Crippen LogP contribution in [0.5, 0.6) is 0 Å². The number of fused-ring (bicyclic) bond motifs is 1. The zero-order valence-corrected chi connectivity index (χ0v) is 12.6. The van der Waals surface area contributed by atoms with Gasteiger partial charge in [-0.1, -0.05) is 17.3 Å². The van der Waals surface area contributed by atoms with Crippen molar-refractivity contribution in [3.63, 3.8) is 0 Å². The number of aryl methyl sites for hydroxylation is 1. The first-order chi connectivity index (χ1) is 9.24. The second kappa shape index (κ2) is 5.16. The molecule has 0 fully saturated rings. The van der Waals surface area contributed by atoms with Gasteiger partial charge in [0, 0.05) is 9.26 Å². The first-order valence-corrected chi connectivity index (χ1v) is 7.10. The molecule has 0 saturated heterocycles. The fourth-order valence-electron chi connectivity index (χ4n) is 2.02. The molecule has 1 heterocycles. The van der Waals surface area contributed by atoms with Gasteiger partial charge in [0.2, 0.25) is 0 Å². The average molecular weight is 364 g/mol. The highest BCUT2D eigenvalue weighted by Crippen LogP contribution is 2.18. The Morgan fingerprint density at radius 2 is 2.05 bits per heavy atom. The second-order valence-electron chi connectivity index (χ2n) is 4.37. The third kappa shape index (κ3) is 2.56. The van der Waals surface area contributed by atoms with Gasteiger partial charge >= 0.3 is 0 Å². The van der Waals surface area contributed by atoms with E-state index in [9.17, 15) is 0 Å². The van der Waals surface area contributed by atoms with E-state index in [-0.39, 0.29) is 0 Å². The standard InChI is InChI=1S/C14H13IN4/c1-10-8-11(15)6-7-12(10)16-9-19-14-5-3-2-4-13(14)17-18-19/h2-8,16H,9H2,1H3. The molecule has 19 heavy (non-hydrogen) atoms. The summed E-state index contributed by atoms with van der Waals surface area (Å²) in [6.45, 7) is 2.71. The van der Waals surface area contributed by atoms with Crippen LogP contribution in [-0.2, 0) is 6.67 Å². The van der Waals surface area contributed by atoms with Crippen molar-refractivity contribution < 1.29 is 0 Å². The van der Waals surface area contributed by atoms with E-state index in [4.69, 9.17) is 0 Å². The van der Waals surface area contributed by atoms with Crippen LogP contribution >= 0.6 is 22.6 Å². The van der Waals surface area contributed by atoms with Gasteiger partial charge in [-0.05, 0) is 65.4 Å². The van der Waals surface area contributed by atoms with E-state index >= 15 is 0 Å². The maximum absolute atomic E-state index is 4.16. The summed E-state index contributed by atoms with van der Waals surface area (Å²) in [6.07, 6.45) is 0. The molecule has 0 atom stereocenters. The lowest BCUT2D eigenvalue weighted by atomic mass is 10.2. The van der Waals surface area contributed by atoms with Crippen LogP contribution in [0.25, 0.3) is 11.0 Å². The topological polar surface area (TPSA) is 42.7 Å². The van der Waals surface area contributed by atoms with Gasteiger partial charge in [-0.2, -0.15) is 0 Å². The van der Waals surface area contributed by atoms with Crippen LogP contribution < -0.4 is 5.32 Å². The van der Waals surface area contributed by atoms with E-state index in [0.29, 0.717) is 6.67 Å². The van der Waals surface area contributed by atoms with Gasteiger partial charge in [-0.25, -0.2) is 4.68 Å². The van der Waals surface area contributed by atoms with Crippen molar-refractivity contribution >= 4 is 39.3 Å². The monoisotopic (exact) mass is 364 g/mol. The molecule has 0 amide bonds. The Hall–Kier alpha value is -1.63. The fourth-order valence-corrected chi connectivity index (χ4v) is 2.67. The third-order valence-corrected chi connectivity index (χ3v) is 3.70. The number of rotatable bonds is 3. The van der Waals surface area contributed by atoms with Gasteiger partial charge in [0.15, 0.2) is 0 Å². The number of hydrogen-bond donors (Lipinski definition) is 1. The number of hydrogen-bond acceptors (Lipinski definition) is 3. The molecule has 0 bridgehead atoms. The summed E-state index contributed by atoms with van der Waals surface area (Å²) in [5.41, 5.74) is 4.32. The first kappa shape index (κ1) is 12.4.